The first-order valence-corrected chi connectivity index (χ1v) is 11.9. The first kappa shape index (κ1) is 20.9. The molecule has 0 radical (unpaired) electrons. The number of imidazole rings is 2. The van der Waals surface area contributed by atoms with Gasteiger partial charge in [0.05, 0.1) is 47.7 Å². The van der Waals surface area contributed by atoms with Crippen molar-refractivity contribution in [1.82, 2.24) is 19.5 Å². The molecule has 10 heteroatoms. The Morgan fingerprint density at radius 1 is 1.18 bits per heavy atom. The van der Waals surface area contributed by atoms with Gasteiger partial charge in [-0.3, -0.25) is 10.1 Å². The second-order valence-electron chi connectivity index (χ2n) is 9.02. The zero-order valence-corrected chi connectivity index (χ0v) is 18.9. The number of rotatable bonds is 6. The molecule has 6 rings (SSSR count). The molecule has 2 aliphatic rings. The number of para-hydroxylation sites is 1. The lowest BCUT2D eigenvalue weighted by Crippen LogP contribution is -2.36. The zero-order valence-electron chi connectivity index (χ0n) is 18.9. The van der Waals surface area contributed by atoms with Crippen LogP contribution in [0.1, 0.15) is 37.5 Å². The summed E-state index contributed by atoms with van der Waals surface area (Å²) in [6.07, 6.45) is 6.87. The van der Waals surface area contributed by atoms with Gasteiger partial charge in [0.25, 0.3) is 5.69 Å². The molecule has 0 amide bonds. The van der Waals surface area contributed by atoms with Gasteiger partial charge in [-0.05, 0) is 31.0 Å². The molecule has 1 saturated heterocycles. The van der Waals surface area contributed by atoms with Crippen LogP contribution in [-0.2, 0) is 11.3 Å². The maximum absolute atomic E-state index is 11.4. The molecule has 10 nitrogen and oxygen atoms in total. The lowest BCUT2D eigenvalue weighted by molar-refractivity contribution is -0.383. The lowest BCUT2D eigenvalue weighted by atomic mass is 10.2. The fourth-order valence-corrected chi connectivity index (χ4v) is 5.21. The van der Waals surface area contributed by atoms with Crippen molar-refractivity contribution in [2.24, 2.45) is 0 Å². The van der Waals surface area contributed by atoms with E-state index in [4.69, 9.17) is 9.72 Å². The lowest BCUT2D eigenvalue weighted by Gasteiger charge is -2.29. The summed E-state index contributed by atoms with van der Waals surface area (Å²) in [4.78, 5) is 25.8. The van der Waals surface area contributed by atoms with Gasteiger partial charge in [0.15, 0.2) is 5.52 Å². The van der Waals surface area contributed by atoms with E-state index in [1.165, 1.54) is 31.7 Å². The van der Waals surface area contributed by atoms with E-state index >= 15 is 0 Å². The van der Waals surface area contributed by atoms with Crippen LogP contribution in [0.5, 0.6) is 0 Å². The number of benzene rings is 2. The van der Waals surface area contributed by atoms with Gasteiger partial charge in [-0.25, -0.2) is 9.97 Å². The van der Waals surface area contributed by atoms with E-state index in [1.54, 1.807) is 12.1 Å². The van der Waals surface area contributed by atoms with E-state index in [0.29, 0.717) is 29.4 Å². The first-order chi connectivity index (χ1) is 16.7. The number of hydrogen-bond donors (Lipinski definition) is 2. The average molecular weight is 462 g/mol. The standard InChI is InChI=1S/C24H27N7O3/c32-31(33)20-7-3-6-18-24(20)28-22(27-18)14-25-19-12-17(29-8-10-34-11-9-29)13-21-23(19)26-15-30(21)16-4-1-2-5-16/h3,6-7,12-13,15-16,25H,1-2,4-5,8-11,14H2,(H,27,28). The third-order valence-corrected chi connectivity index (χ3v) is 6.94. The molecule has 0 spiro atoms. The molecule has 2 N–H and O–H groups in total. The van der Waals surface area contributed by atoms with Gasteiger partial charge in [0, 0.05) is 30.9 Å². The van der Waals surface area contributed by atoms with Crippen LogP contribution in [-0.4, -0.2) is 50.7 Å². The SMILES string of the molecule is O=[N+]([O-])c1cccc2[nH]c(CNc3cc(N4CCOCC4)cc4c3ncn4C3CCCC3)nc12. The summed E-state index contributed by atoms with van der Waals surface area (Å²) >= 11 is 0. The Morgan fingerprint density at radius 3 is 2.79 bits per heavy atom. The van der Waals surface area contributed by atoms with Crippen LogP contribution >= 0.6 is 0 Å². The highest BCUT2D eigenvalue weighted by molar-refractivity contribution is 5.92. The summed E-state index contributed by atoms with van der Waals surface area (Å²) in [6, 6.07) is 9.84. The molecule has 0 bridgehead atoms. The fraction of sp³-hybridized carbons (Fsp3) is 0.417. The van der Waals surface area contributed by atoms with Crippen molar-refractivity contribution in [3.05, 3.63) is 52.6 Å². The molecule has 1 aliphatic carbocycles. The number of aromatic amines is 1. The molecule has 1 aliphatic heterocycles. The van der Waals surface area contributed by atoms with Crippen molar-refractivity contribution in [1.29, 1.82) is 0 Å². The van der Waals surface area contributed by atoms with Crippen molar-refractivity contribution in [2.75, 3.05) is 36.5 Å². The van der Waals surface area contributed by atoms with Gasteiger partial charge in [-0.15, -0.1) is 0 Å². The number of morpholine rings is 1. The van der Waals surface area contributed by atoms with Crippen molar-refractivity contribution in [2.45, 2.75) is 38.3 Å². The topological polar surface area (TPSA) is 114 Å². The van der Waals surface area contributed by atoms with Crippen molar-refractivity contribution in [3.63, 3.8) is 0 Å². The van der Waals surface area contributed by atoms with E-state index in [1.807, 2.05) is 6.33 Å². The summed E-state index contributed by atoms with van der Waals surface area (Å²) in [5.41, 5.74) is 5.20. The number of non-ortho nitro benzene ring substituents is 1. The summed E-state index contributed by atoms with van der Waals surface area (Å²) < 4.78 is 7.89. The smallest absolute Gasteiger partial charge is 0.297 e. The minimum atomic E-state index is -0.397. The van der Waals surface area contributed by atoms with Gasteiger partial charge in [0.1, 0.15) is 11.3 Å². The van der Waals surface area contributed by atoms with Crippen LogP contribution in [0, 0.1) is 10.1 Å². The highest BCUT2D eigenvalue weighted by atomic mass is 16.6. The third-order valence-electron chi connectivity index (χ3n) is 6.94. The number of nitro groups is 1. The van der Waals surface area contributed by atoms with E-state index in [-0.39, 0.29) is 5.69 Å². The minimum absolute atomic E-state index is 0.00649. The molecule has 3 heterocycles. The molecule has 176 valence electrons. The predicted octanol–water partition coefficient (Wildman–Crippen LogP) is 4.38. The maximum atomic E-state index is 11.4. The van der Waals surface area contributed by atoms with Crippen LogP contribution in [0.15, 0.2) is 36.7 Å². The largest absolute Gasteiger partial charge is 0.378 e. The molecule has 2 aromatic heterocycles. The van der Waals surface area contributed by atoms with Crippen LogP contribution in [0.4, 0.5) is 17.1 Å². The van der Waals surface area contributed by atoms with Gasteiger partial charge >= 0.3 is 0 Å². The first-order valence-electron chi connectivity index (χ1n) is 11.9. The Kier molecular flexibility index (Phi) is 5.29. The van der Waals surface area contributed by atoms with Crippen molar-refractivity contribution >= 4 is 39.1 Å². The third kappa shape index (κ3) is 3.73. The summed E-state index contributed by atoms with van der Waals surface area (Å²) in [5.74, 6) is 0.643. The monoisotopic (exact) mass is 461 g/mol. The quantitative estimate of drug-likeness (QED) is 0.323. The molecular formula is C24H27N7O3. The number of anilines is 2. The summed E-state index contributed by atoms with van der Waals surface area (Å²) in [5, 5.41) is 14.9. The highest BCUT2D eigenvalue weighted by Crippen LogP contribution is 2.36. The number of nitrogens with zero attached hydrogens (tertiary/aromatic N) is 5. The Labute approximate surface area is 196 Å². The summed E-state index contributed by atoms with van der Waals surface area (Å²) in [6.45, 7) is 3.57. The van der Waals surface area contributed by atoms with E-state index < -0.39 is 4.92 Å². The van der Waals surface area contributed by atoms with Crippen molar-refractivity contribution in [3.8, 4) is 0 Å². The zero-order chi connectivity index (χ0) is 23.1. The molecule has 4 aromatic rings. The number of nitro benzene ring substituents is 1. The normalized spacial score (nSPS) is 17.1. The van der Waals surface area contributed by atoms with E-state index in [9.17, 15) is 10.1 Å². The Hall–Kier alpha value is -3.66. The molecule has 2 fully saturated rings. The highest BCUT2D eigenvalue weighted by Gasteiger charge is 2.22. The number of ether oxygens (including phenoxy) is 1. The molecule has 2 aromatic carbocycles. The van der Waals surface area contributed by atoms with Crippen molar-refractivity contribution < 1.29 is 9.66 Å². The molecular weight excluding hydrogens is 434 g/mol. The number of fused-ring (bicyclic) bond motifs is 2. The fourth-order valence-electron chi connectivity index (χ4n) is 5.21. The molecule has 0 unspecified atom stereocenters. The second-order valence-corrected chi connectivity index (χ2v) is 9.02. The van der Waals surface area contributed by atoms with Crippen LogP contribution < -0.4 is 10.2 Å². The second kappa shape index (κ2) is 8.60. The summed E-state index contributed by atoms with van der Waals surface area (Å²) in [7, 11) is 0. The maximum Gasteiger partial charge on any atom is 0.297 e. The number of aromatic nitrogens is 4. The van der Waals surface area contributed by atoms with Gasteiger partial charge in [0.2, 0.25) is 0 Å². The van der Waals surface area contributed by atoms with Crippen LogP contribution in [0.25, 0.3) is 22.1 Å². The number of H-pyrrole nitrogens is 1. The molecule has 1 saturated carbocycles. The average Bonchev–Trinajstić information content (AvgIpc) is 3.61. The Morgan fingerprint density at radius 2 is 2.00 bits per heavy atom. The van der Waals surface area contributed by atoms with Crippen LogP contribution in [0.3, 0.4) is 0 Å². The number of hydrogen-bond acceptors (Lipinski definition) is 7. The number of nitrogens with one attached hydrogen (secondary N) is 2. The van der Waals surface area contributed by atoms with Crippen LogP contribution in [0.2, 0.25) is 0 Å². The predicted molar refractivity (Wildman–Crippen MR) is 130 cm³/mol. The van der Waals surface area contributed by atoms with E-state index in [2.05, 4.69) is 36.9 Å². The molecule has 0 atom stereocenters. The Bertz CT molecular complexity index is 1350. The minimum Gasteiger partial charge on any atom is -0.378 e. The molecule has 34 heavy (non-hydrogen) atoms. The van der Waals surface area contributed by atoms with Gasteiger partial charge in [-0.2, -0.15) is 0 Å². The van der Waals surface area contributed by atoms with E-state index in [0.717, 1.165) is 48.7 Å². The Balaban J connectivity index is 1.35. The van der Waals surface area contributed by atoms with Gasteiger partial charge in [-0.1, -0.05) is 18.9 Å². The van der Waals surface area contributed by atoms with Gasteiger partial charge < -0.3 is 24.5 Å².